The van der Waals surface area contributed by atoms with Gasteiger partial charge in [-0.2, -0.15) is 0 Å². The van der Waals surface area contributed by atoms with Crippen LogP contribution in [0.1, 0.15) is 19.3 Å². The van der Waals surface area contributed by atoms with Crippen molar-refractivity contribution in [2.45, 2.75) is 37.5 Å². The molecule has 2 heterocycles. The monoisotopic (exact) mass is 201 g/mol. The van der Waals surface area contributed by atoms with Gasteiger partial charge in [0, 0.05) is 19.3 Å². The molecule has 2 saturated heterocycles. The van der Waals surface area contributed by atoms with Crippen LogP contribution in [0, 0.1) is 0 Å². The maximum Gasteiger partial charge on any atom is 0.0948 e. The van der Waals surface area contributed by atoms with E-state index in [-0.39, 0.29) is 12.1 Å². The molecule has 2 aliphatic rings. The van der Waals surface area contributed by atoms with Crippen molar-refractivity contribution in [1.82, 2.24) is 5.32 Å². The van der Waals surface area contributed by atoms with E-state index in [9.17, 15) is 5.11 Å². The Hall–Kier alpha value is -0.160. The van der Waals surface area contributed by atoms with Gasteiger partial charge in [0.05, 0.1) is 25.4 Å². The first-order valence-electron chi connectivity index (χ1n) is 5.46. The Labute approximate surface area is 84.6 Å². The molecule has 2 aliphatic heterocycles. The molecule has 2 N–H and O–H groups in total. The van der Waals surface area contributed by atoms with E-state index in [0.29, 0.717) is 19.3 Å². The van der Waals surface area contributed by atoms with Crippen LogP contribution >= 0.6 is 0 Å². The van der Waals surface area contributed by atoms with E-state index in [4.69, 9.17) is 9.47 Å². The Morgan fingerprint density at radius 3 is 2.79 bits per heavy atom. The molecule has 82 valence electrons. The number of ether oxygens (including phenoxy) is 2. The van der Waals surface area contributed by atoms with Crippen LogP contribution in [0.25, 0.3) is 0 Å². The van der Waals surface area contributed by atoms with Gasteiger partial charge in [0.25, 0.3) is 0 Å². The summed E-state index contributed by atoms with van der Waals surface area (Å²) in [5, 5.41) is 13.0. The van der Waals surface area contributed by atoms with E-state index >= 15 is 0 Å². The SMILES string of the molecule is O[C@@H]1COC[C@H]1NC1CCCOCC1. The average molecular weight is 201 g/mol. The van der Waals surface area contributed by atoms with Crippen LogP contribution < -0.4 is 5.32 Å². The van der Waals surface area contributed by atoms with E-state index in [0.717, 1.165) is 32.5 Å². The average Bonchev–Trinajstić information content (AvgIpc) is 2.44. The second-order valence-corrected chi connectivity index (χ2v) is 4.12. The molecular weight excluding hydrogens is 182 g/mol. The van der Waals surface area contributed by atoms with Gasteiger partial charge >= 0.3 is 0 Å². The third-order valence-corrected chi connectivity index (χ3v) is 2.95. The molecule has 2 fully saturated rings. The lowest BCUT2D eigenvalue weighted by Crippen LogP contribution is -2.45. The Morgan fingerprint density at radius 1 is 1.07 bits per heavy atom. The van der Waals surface area contributed by atoms with E-state index in [2.05, 4.69) is 5.32 Å². The number of aliphatic hydroxyl groups excluding tert-OH is 1. The smallest absolute Gasteiger partial charge is 0.0948 e. The van der Waals surface area contributed by atoms with Gasteiger partial charge in [0.2, 0.25) is 0 Å². The van der Waals surface area contributed by atoms with Gasteiger partial charge in [0.15, 0.2) is 0 Å². The lowest BCUT2D eigenvalue weighted by Gasteiger charge is -2.22. The van der Waals surface area contributed by atoms with Crippen molar-refractivity contribution in [2.24, 2.45) is 0 Å². The number of aliphatic hydroxyl groups is 1. The predicted octanol–water partition coefficient (Wildman–Crippen LogP) is -0.0952. The van der Waals surface area contributed by atoms with E-state index in [1.165, 1.54) is 0 Å². The minimum atomic E-state index is -0.334. The molecule has 0 aliphatic carbocycles. The fraction of sp³-hybridized carbons (Fsp3) is 1.00. The summed E-state index contributed by atoms with van der Waals surface area (Å²) in [4.78, 5) is 0. The van der Waals surface area contributed by atoms with Crippen molar-refractivity contribution >= 4 is 0 Å². The zero-order valence-electron chi connectivity index (χ0n) is 8.45. The van der Waals surface area contributed by atoms with Crippen LogP contribution in [-0.4, -0.2) is 49.7 Å². The molecule has 0 aromatic carbocycles. The van der Waals surface area contributed by atoms with Crippen molar-refractivity contribution in [1.29, 1.82) is 0 Å². The first kappa shape index (κ1) is 10.4. The third-order valence-electron chi connectivity index (χ3n) is 2.95. The zero-order valence-corrected chi connectivity index (χ0v) is 8.45. The largest absolute Gasteiger partial charge is 0.389 e. The van der Waals surface area contributed by atoms with Crippen LogP contribution in [-0.2, 0) is 9.47 Å². The molecule has 0 aromatic rings. The molecule has 2 rings (SSSR count). The molecule has 0 bridgehead atoms. The maximum atomic E-state index is 9.57. The van der Waals surface area contributed by atoms with Crippen molar-refractivity contribution < 1.29 is 14.6 Å². The van der Waals surface area contributed by atoms with Gasteiger partial charge < -0.3 is 19.9 Å². The van der Waals surface area contributed by atoms with Gasteiger partial charge in [-0.05, 0) is 19.3 Å². The molecule has 0 aromatic heterocycles. The van der Waals surface area contributed by atoms with Gasteiger partial charge in [-0.25, -0.2) is 0 Å². The maximum absolute atomic E-state index is 9.57. The standard InChI is InChI=1S/C10H19NO3/c12-10-7-14-6-9(10)11-8-2-1-4-13-5-3-8/h8-12H,1-7H2/t8?,9-,10-/m1/s1. The summed E-state index contributed by atoms with van der Waals surface area (Å²) >= 11 is 0. The van der Waals surface area contributed by atoms with E-state index < -0.39 is 0 Å². The minimum absolute atomic E-state index is 0.123. The molecule has 4 nitrogen and oxygen atoms in total. The summed E-state index contributed by atoms with van der Waals surface area (Å²) in [5.74, 6) is 0. The lowest BCUT2D eigenvalue weighted by molar-refractivity contribution is 0.120. The fourth-order valence-electron chi connectivity index (χ4n) is 2.08. The number of hydrogen-bond donors (Lipinski definition) is 2. The van der Waals surface area contributed by atoms with Crippen LogP contribution in [0.15, 0.2) is 0 Å². The highest BCUT2D eigenvalue weighted by molar-refractivity contribution is 4.84. The first-order valence-corrected chi connectivity index (χ1v) is 5.46. The second-order valence-electron chi connectivity index (χ2n) is 4.12. The van der Waals surface area contributed by atoms with E-state index in [1.54, 1.807) is 0 Å². The van der Waals surface area contributed by atoms with Gasteiger partial charge in [-0.1, -0.05) is 0 Å². The Morgan fingerprint density at radius 2 is 2.00 bits per heavy atom. The van der Waals surface area contributed by atoms with Crippen LogP contribution in [0.2, 0.25) is 0 Å². The van der Waals surface area contributed by atoms with Crippen LogP contribution in [0.4, 0.5) is 0 Å². The molecule has 0 amide bonds. The van der Waals surface area contributed by atoms with Crippen molar-refractivity contribution in [3.05, 3.63) is 0 Å². The normalized spacial score (nSPS) is 39.6. The Kier molecular flexibility index (Phi) is 3.75. The molecule has 0 radical (unpaired) electrons. The van der Waals surface area contributed by atoms with Crippen molar-refractivity contribution in [2.75, 3.05) is 26.4 Å². The molecule has 0 spiro atoms. The lowest BCUT2D eigenvalue weighted by atomic mass is 10.1. The number of nitrogens with one attached hydrogen (secondary N) is 1. The predicted molar refractivity (Wildman–Crippen MR) is 52.2 cm³/mol. The number of hydrogen-bond acceptors (Lipinski definition) is 4. The van der Waals surface area contributed by atoms with Gasteiger partial charge in [-0.3, -0.25) is 0 Å². The summed E-state index contributed by atoms with van der Waals surface area (Å²) in [6, 6.07) is 0.608. The highest BCUT2D eigenvalue weighted by atomic mass is 16.5. The highest BCUT2D eigenvalue weighted by Gasteiger charge is 2.28. The van der Waals surface area contributed by atoms with Crippen molar-refractivity contribution in [3.63, 3.8) is 0 Å². The summed E-state index contributed by atoms with van der Waals surface area (Å²) in [6.45, 7) is 2.82. The third kappa shape index (κ3) is 2.67. The molecule has 4 heteroatoms. The summed E-state index contributed by atoms with van der Waals surface area (Å²) < 4.78 is 10.6. The Balaban J connectivity index is 1.77. The summed E-state index contributed by atoms with van der Waals surface area (Å²) in [7, 11) is 0. The minimum Gasteiger partial charge on any atom is -0.389 e. The highest BCUT2D eigenvalue weighted by Crippen LogP contribution is 2.12. The molecule has 3 atom stereocenters. The topological polar surface area (TPSA) is 50.7 Å². The van der Waals surface area contributed by atoms with Gasteiger partial charge in [-0.15, -0.1) is 0 Å². The molecular formula is C10H19NO3. The zero-order chi connectivity index (χ0) is 9.80. The molecule has 1 unspecified atom stereocenters. The van der Waals surface area contributed by atoms with Gasteiger partial charge in [0.1, 0.15) is 0 Å². The summed E-state index contributed by atoms with van der Waals surface area (Å²) in [5.41, 5.74) is 0. The first-order chi connectivity index (χ1) is 6.86. The Bertz CT molecular complexity index is 169. The fourth-order valence-corrected chi connectivity index (χ4v) is 2.08. The number of rotatable bonds is 2. The second kappa shape index (κ2) is 5.07. The van der Waals surface area contributed by atoms with Crippen LogP contribution in [0.5, 0.6) is 0 Å². The summed E-state index contributed by atoms with van der Waals surface area (Å²) in [6.07, 6.45) is 2.97. The quantitative estimate of drug-likeness (QED) is 0.655. The molecule has 0 saturated carbocycles. The molecule has 14 heavy (non-hydrogen) atoms. The van der Waals surface area contributed by atoms with Crippen LogP contribution in [0.3, 0.4) is 0 Å². The van der Waals surface area contributed by atoms with E-state index in [1.807, 2.05) is 0 Å². The van der Waals surface area contributed by atoms with Crippen molar-refractivity contribution in [3.8, 4) is 0 Å².